The van der Waals surface area contributed by atoms with E-state index in [2.05, 4.69) is 262 Å². The van der Waals surface area contributed by atoms with E-state index >= 15 is 0 Å². The number of imidazole rings is 1. The summed E-state index contributed by atoms with van der Waals surface area (Å²) >= 11 is 0. The Morgan fingerprint density at radius 1 is 0.246 bits per heavy atom. The average molecular weight is 876 g/mol. The summed E-state index contributed by atoms with van der Waals surface area (Å²) in [7, 11) is 0. The Kier molecular flexibility index (Phi) is 8.07. The normalized spacial score (nSPS) is 12.1. The molecule has 15 rings (SSSR count). The van der Waals surface area contributed by atoms with Gasteiger partial charge in [-0.1, -0.05) is 182 Å². The van der Waals surface area contributed by atoms with Gasteiger partial charge >= 0.3 is 0 Å². The molecule has 0 fully saturated rings. The van der Waals surface area contributed by atoms with Crippen LogP contribution in [0.4, 0.5) is 17.1 Å². The van der Waals surface area contributed by atoms with Gasteiger partial charge in [-0.25, -0.2) is 0 Å². The Balaban J connectivity index is 0.852. The van der Waals surface area contributed by atoms with Crippen LogP contribution in [0.2, 0.25) is 0 Å². The van der Waals surface area contributed by atoms with Crippen molar-refractivity contribution < 1.29 is 0 Å². The van der Waals surface area contributed by atoms with Crippen LogP contribution in [0.25, 0.3) is 120 Å². The molecule has 0 bridgehead atoms. The minimum atomic E-state index is 1.10. The summed E-state index contributed by atoms with van der Waals surface area (Å²) in [5.74, 6) is 0. The lowest BCUT2D eigenvalue weighted by molar-refractivity contribution is 1.28. The van der Waals surface area contributed by atoms with Gasteiger partial charge in [-0.15, -0.1) is 0 Å². The third-order valence-corrected chi connectivity index (χ3v) is 14.8. The molecule has 0 aliphatic carbocycles. The largest absolute Gasteiger partial charge is 0.310 e. The SMILES string of the molecule is c1ccc2c(-c3ccc(N(c4ccc(-c5cccc6ccccc56)cc4)c4ccc5c(ccc6cc(-c7cccc8c7c7c9ccccc9n9c%10ccccc%10n8c79)ccc65)c4)cc3)cccc2c1. The summed E-state index contributed by atoms with van der Waals surface area (Å²) in [5.41, 5.74) is 16.9. The van der Waals surface area contributed by atoms with E-state index < -0.39 is 0 Å². The number of aromatic nitrogens is 2. The van der Waals surface area contributed by atoms with Gasteiger partial charge in [0.15, 0.2) is 0 Å². The van der Waals surface area contributed by atoms with Gasteiger partial charge in [0.1, 0.15) is 5.65 Å². The van der Waals surface area contributed by atoms with Crippen molar-refractivity contribution >= 4 is 104 Å². The van der Waals surface area contributed by atoms with Crippen molar-refractivity contribution in [1.29, 1.82) is 0 Å². The molecule has 3 heterocycles. The molecule has 3 nitrogen and oxygen atoms in total. The molecule has 3 heteroatoms. The molecule has 0 saturated heterocycles. The predicted octanol–water partition coefficient (Wildman–Crippen LogP) is 18.2. The lowest BCUT2D eigenvalue weighted by Crippen LogP contribution is -2.09. The monoisotopic (exact) mass is 875 g/mol. The van der Waals surface area contributed by atoms with E-state index in [9.17, 15) is 0 Å². The summed E-state index contributed by atoms with van der Waals surface area (Å²) in [4.78, 5) is 2.39. The quantitative estimate of drug-likeness (QED) is 0.152. The van der Waals surface area contributed by atoms with Crippen LogP contribution in [0.5, 0.6) is 0 Å². The van der Waals surface area contributed by atoms with Gasteiger partial charge in [0.05, 0.1) is 22.1 Å². The van der Waals surface area contributed by atoms with E-state index in [-0.39, 0.29) is 0 Å². The van der Waals surface area contributed by atoms with E-state index in [1.807, 2.05) is 0 Å². The number of hydrogen-bond acceptors (Lipinski definition) is 1. The molecule has 3 aromatic heterocycles. The Hall–Kier alpha value is -9.18. The molecular formula is C66H41N3. The number of nitrogens with zero attached hydrogens (tertiary/aromatic N) is 3. The number of rotatable bonds is 6. The Bertz CT molecular complexity index is 4400. The highest BCUT2D eigenvalue weighted by atomic mass is 15.1. The second-order valence-electron chi connectivity index (χ2n) is 18.5. The van der Waals surface area contributed by atoms with Gasteiger partial charge in [0.2, 0.25) is 0 Å². The van der Waals surface area contributed by atoms with Crippen molar-refractivity contribution in [2.75, 3.05) is 4.90 Å². The molecule has 320 valence electrons. The number of para-hydroxylation sites is 3. The Labute approximate surface area is 397 Å². The smallest absolute Gasteiger partial charge is 0.131 e. The van der Waals surface area contributed by atoms with Crippen molar-refractivity contribution in [3.05, 3.63) is 249 Å². The van der Waals surface area contributed by atoms with E-state index in [1.165, 1.54) is 120 Å². The molecule has 0 unspecified atom stereocenters. The number of fused-ring (bicyclic) bond motifs is 14. The summed E-state index contributed by atoms with van der Waals surface area (Å²) < 4.78 is 4.92. The molecule has 0 N–H and O–H groups in total. The van der Waals surface area contributed by atoms with Crippen molar-refractivity contribution in [3.8, 4) is 33.4 Å². The highest BCUT2D eigenvalue weighted by Crippen LogP contribution is 2.46. The maximum atomic E-state index is 2.47. The second kappa shape index (κ2) is 14.7. The summed E-state index contributed by atoms with van der Waals surface area (Å²) in [6.45, 7) is 0. The molecular weight excluding hydrogens is 835 g/mol. The lowest BCUT2D eigenvalue weighted by Gasteiger charge is -2.26. The summed E-state index contributed by atoms with van der Waals surface area (Å²) in [6, 6.07) is 91.7. The molecule has 0 radical (unpaired) electrons. The average Bonchev–Trinajstić information content (AvgIpc) is 4.06. The third-order valence-electron chi connectivity index (χ3n) is 14.8. The maximum Gasteiger partial charge on any atom is 0.131 e. The standard InChI is InChI=1S/C66H41N3/c1-3-16-52-42(12-1)14-9-19-54(52)44-28-33-49(34-29-44)67(50-35-30-45(31-36-50)55-20-10-15-43-13-2-4-17-53(43)55)51-37-39-57-48(41-51)27-26-46-40-47(32-38-56(46)57)58-21-11-25-63-64(58)65-59-18-5-6-22-60(59)68-61-23-7-8-24-62(61)69(63)66(65)68/h1-41H. The van der Waals surface area contributed by atoms with Gasteiger partial charge in [0.25, 0.3) is 0 Å². The topological polar surface area (TPSA) is 12.1 Å². The molecule has 0 atom stereocenters. The van der Waals surface area contributed by atoms with Crippen LogP contribution in [0, 0.1) is 0 Å². The minimum absolute atomic E-state index is 1.10. The van der Waals surface area contributed by atoms with Crippen LogP contribution in [0.1, 0.15) is 0 Å². The molecule has 0 spiro atoms. The zero-order chi connectivity index (χ0) is 45.2. The fourth-order valence-electron chi connectivity index (χ4n) is 11.7. The zero-order valence-corrected chi connectivity index (χ0v) is 37.5. The predicted molar refractivity (Wildman–Crippen MR) is 293 cm³/mol. The number of hydrogen-bond donors (Lipinski definition) is 0. The fraction of sp³-hybridized carbons (Fsp3) is 0. The second-order valence-corrected chi connectivity index (χ2v) is 18.5. The van der Waals surface area contributed by atoms with Crippen molar-refractivity contribution in [1.82, 2.24) is 8.80 Å². The van der Waals surface area contributed by atoms with Crippen LogP contribution < -0.4 is 4.90 Å². The van der Waals surface area contributed by atoms with Crippen LogP contribution in [0.3, 0.4) is 0 Å². The van der Waals surface area contributed by atoms with E-state index in [1.54, 1.807) is 0 Å². The van der Waals surface area contributed by atoms with E-state index in [0.717, 1.165) is 17.1 Å². The van der Waals surface area contributed by atoms with Gasteiger partial charge in [-0.05, 0) is 143 Å². The van der Waals surface area contributed by atoms with Gasteiger partial charge in [0, 0.05) is 33.2 Å². The lowest BCUT2D eigenvalue weighted by atomic mass is 9.94. The van der Waals surface area contributed by atoms with Gasteiger partial charge in [-0.3, -0.25) is 8.80 Å². The van der Waals surface area contributed by atoms with Crippen LogP contribution in [-0.2, 0) is 0 Å². The first-order valence-corrected chi connectivity index (χ1v) is 23.8. The fourth-order valence-corrected chi connectivity index (χ4v) is 11.7. The molecule has 0 saturated carbocycles. The number of benzene rings is 12. The third kappa shape index (κ3) is 5.62. The van der Waals surface area contributed by atoms with Crippen molar-refractivity contribution in [2.24, 2.45) is 0 Å². The van der Waals surface area contributed by atoms with Crippen molar-refractivity contribution in [2.45, 2.75) is 0 Å². The Morgan fingerprint density at radius 2 is 0.696 bits per heavy atom. The molecule has 12 aromatic carbocycles. The maximum absolute atomic E-state index is 2.47. The summed E-state index contributed by atoms with van der Waals surface area (Å²) in [6.07, 6.45) is 0. The molecule has 0 amide bonds. The molecule has 69 heavy (non-hydrogen) atoms. The summed E-state index contributed by atoms with van der Waals surface area (Å²) in [5, 5.41) is 13.8. The first kappa shape index (κ1) is 38.0. The first-order chi connectivity index (χ1) is 34.2. The highest BCUT2D eigenvalue weighted by molar-refractivity contribution is 6.27. The molecule has 0 aliphatic heterocycles. The van der Waals surface area contributed by atoms with Crippen molar-refractivity contribution in [3.63, 3.8) is 0 Å². The minimum Gasteiger partial charge on any atom is -0.310 e. The zero-order valence-electron chi connectivity index (χ0n) is 37.5. The van der Waals surface area contributed by atoms with Gasteiger partial charge < -0.3 is 4.90 Å². The van der Waals surface area contributed by atoms with Crippen LogP contribution >= 0.6 is 0 Å². The van der Waals surface area contributed by atoms with Gasteiger partial charge in [-0.2, -0.15) is 0 Å². The van der Waals surface area contributed by atoms with Crippen LogP contribution in [0.15, 0.2) is 249 Å². The van der Waals surface area contributed by atoms with Crippen LogP contribution in [-0.4, -0.2) is 8.80 Å². The van der Waals surface area contributed by atoms with E-state index in [0.29, 0.717) is 0 Å². The molecule has 15 aromatic rings. The first-order valence-electron chi connectivity index (χ1n) is 23.8. The van der Waals surface area contributed by atoms with E-state index in [4.69, 9.17) is 0 Å². The highest BCUT2D eigenvalue weighted by Gasteiger charge is 2.24. The number of anilines is 3. The Morgan fingerprint density at radius 3 is 1.33 bits per heavy atom. The molecule has 0 aliphatic rings.